The molecule has 1 aliphatic heterocycles. The van der Waals surface area contributed by atoms with E-state index in [0.717, 1.165) is 18.4 Å². The van der Waals surface area contributed by atoms with Gasteiger partial charge in [-0.3, -0.25) is 4.79 Å². The second kappa shape index (κ2) is 3.76. The Morgan fingerprint density at radius 1 is 1.73 bits per heavy atom. The highest BCUT2D eigenvalue weighted by molar-refractivity contribution is 5.73. The van der Waals surface area contributed by atoms with Crippen molar-refractivity contribution >= 4 is 6.29 Å². The van der Waals surface area contributed by atoms with E-state index < -0.39 is 0 Å². The normalized spacial score (nSPS) is 16.0. The van der Waals surface area contributed by atoms with Crippen LogP contribution in [0.2, 0.25) is 0 Å². The van der Waals surface area contributed by atoms with Crippen molar-refractivity contribution in [3.05, 3.63) is 36.7 Å². The predicted octanol–water partition coefficient (Wildman–Crippen LogP) is 1.47. The lowest BCUT2D eigenvalue weighted by Gasteiger charge is -2.20. The maximum absolute atomic E-state index is 10.5. The zero-order chi connectivity index (χ0) is 8.10. The third-order valence-electron chi connectivity index (χ3n) is 1.53. The monoisotopic (exact) mass is 149 g/mol. The fourth-order valence-corrected chi connectivity index (χ4v) is 1.00. The van der Waals surface area contributed by atoms with Gasteiger partial charge >= 0.3 is 0 Å². The van der Waals surface area contributed by atoms with E-state index in [1.54, 1.807) is 6.08 Å². The number of hydrogen-bond acceptors (Lipinski definition) is 2. The molecule has 0 amide bonds. The van der Waals surface area contributed by atoms with Gasteiger partial charge < -0.3 is 4.90 Å². The Labute approximate surface area is 66.5 Å². The SMILES string of the molecule is C=CCN1C=CCC=C1C=O. The van der Waals surface area contributed by atoms with Crippen molar-refractivity contribution in [2.45, 2.75) is 6.42 Å². The summed E-state index contributed by atoms with van der Waals surface area (Å²) in [6.45, 7) is 4.30. The topological polar surface area (TPSA) is 20.3 Å². The van der Waals surface area contributed by atoms with Crippen LogP contribution in [0.15, 0.2) is 36.7 Å². The Morgan fingerprint density at radius 3 is 3.18 bits per heavy atom. The minimum atomic E-state index is 0.696. The van der Waals surface area contributed by atoms with Crippen LogP contribution in [0.3, 0.4) is 0 Å². The maximum Gasteiger partial charge on any atom is 0.166 e. The Kier molecular flexibility index (Phi) is 2.66. The molecular formula is C9H11NO. The van der Waals surface area contributed by atoms with Crippen LogP contribution in [0, 0.1) is 0 Å². The second-order valence-corrected chi connectivity index (χ2v) is 2.31. The highest BCUT2D eigenvalue weighted by Gasteiger charge is 2.05. The zero-order valence-corrected chi connectivity index (χ0v) is 6.36. The Hall–Kier alpha value is -1.31. The zero-order valence-electron chi connectivity index (χ0n) is 6.36. The van der Waals surface area contributed by atoms with Crippen LogP contribution in [-0.4, -0.2) is 17.7 Å². The first-order valence-electron chi connectivity index (χ1n) is 3.58. The van der Waals surface area contributed by atoms with E-state index in [4.69, 9.17) is 0 Å². The van der Waals surface area contributed by atoms with Crippen molar-refractivity contribution in [3.63, 3.8) is 0 Å². The summed E-state index contributed by atoms with van der Waals surface area (Å²) >= 11 is 0. The molecule has 0 aromatic carbocycles. The highest BCUT2D eigenvalue weighted by atomic mass is 16.1. The van der Waals surface area contributed by atoms with E-state index in [1.165, 1.54) is 0 Å². The molecule has 0 fully saturated rings. The van der Waals surface area contributed by atoms with Crippen molar-refractivity contribution in [1.82, 2.24) is 4.90 Å². The molecule has 0 saturated heterocycles. The summed E-state index contributed by atoms with van der Waals surface area (Å²) in [4.78, 5) is 12.3. The smallest absolute Gasteiger partial charge is 0.166 e. The maximum atomic E-state index is 10.5. The number of nitrogens with zero attached hydrogens (tertiary/aromatic N) is 1. The van der Waals surface area contributed by atoms with E-state index in [-0.39, 0.29) is 0 Å². The fraction of sp³-hybridized carbons (Fsp3) is 0.222. The molecule has 1 rings (SSSR count). The van der Waals surface area contributed by atoms with Crippen molar-refractivity contribution in [1.29, 1.82) is 0 Å². The van der Waals surface area contributed by atoms with Crippen LogP contribution in [0.1, 0.15) is 6.42 Å². The van der Waals surface area contributed by atoms with E-state index in [9.17, 15) is 4.79 Å². The number of aldehydes is 1. The van der Waals surface area contributed by atoms with E-state index in [2.05, 4.69) is 6.58 Å². The summed E-state index contributed by atoms with van der Waals surface area (Å²) in [5, 5.41) is 0. The van der Waals surface area contributed by atoms with Gasteiger partial charge in [0.25, 0.3) is 0 Å². The van der Waals surface area contributed by atoms with Crippen molar-refractivity contribution in [2.24, 2.45) is 0 Å². The summed E-state index contributed by atoms with van der Waals surface area (Å²) in [7, 11) is 0. The van der Waals surface area contributed by atoms with Gasteiger partial charge in [0.1, 0.15) is 0 Å². The van der Waals surface area contributed by atoms with Gasteiger partial charge in [0.05, 0.1) is 5.70 Å². The molecule has 0 bridgehead atoms. The number of hydrogen-bond donors (Lipinski definition) is 0. The van der Waals surface area contributed by atoms with Crippen LogP contribution in [0.4, 0.5) is 0 Å². The molecule has 0 radical (unpaired) electrons. The average Bonchev–Trinajstić information content (AvgIpc) is 2.06. The fourth-order valence-electron chi connectivity index (χ4n) is 1.00. The number of rotatable bonds is 3. The summed E-state index contributed by atoms with van der Waals surface area (Å²) in [5.74, 6) is 0. The van der Waals surface area contributed by atoms with E-state index in [1.807, 2.05) is 23.3 Å². The molecule has 2 heteroatoms. The summed E-state index contributed by atoms with van der Waals surface area (Å²) in [6, 6.07) is 0. The van der Waals surface area contributed by atoms with Crippen LogP contribution in [0.5, 0.6) is 0 Å². The lowest BCUT2D eigenvalue weighted by molar-refractivity contribution is -0.105. The van der Waals surface area contributed by atoms with Gasteiger partial charge in [-0.1, -0.05) is 18.2 Å². The summed E-state index contributed by atoms with van der Waals surface area (Å²) in [5.41, 5.74) is 0.729. The highest BCUT2D eigenvalue weighted by Crippen LogP contribution is 2.09. The molecule has 0 unspecified atom stereocenters. The average molecular weight is 149 g/mol. The number of carbonyl (C=O) groups excluding carboxylic acids is 1. The van der Waals surface area contributed by atoms with Gasteiger partial charge in [-0.15, -0.1) is 6.58 Å². The Bertz CT molecular complexity index is 216. The van der Waals surface area contributed by atoms with Gasteiger partial charge in [0.15, 0.2) is 6.29 Å². The van der Waals surface area contributed by atoms with Gasteiger partial charge in [-0.05, 0) is 6.42 Å². The Morgan fingerprint density at radius 2 is 2.55 bits per heavy atom. The first-order chi connectivity index (χ1) is 5.38. The van der Waals surface area contributed by atoms with Crippen molar-refractivity contribution < 1.29 is 4.79 Å². The first kappa shape index (κ1) is 7.79. The molecule has 2 nitrogen and oxygen atoms in total. The van der Waals surface area contributed by atoms with Gasteiger partial charge in [-0.25, -0.2) is 0 Å². The lowest BCUT2D eigenvalue weighted by Crippen LogP contribution is -2.19. The number of allylic oxidation sites excluding steroid dienone is 3. The van der Waals surface area contributed by atoms with Crippen LogP contribution in [-0.2, 0) is 4.79 Å². The molecule has 0 aromatic rings. The second-order valence-electron chi connectivity index (χ2n) is 2.31. The molecular weight excluding hydrogens is 138 g/mol. The van der Waals surface area contributed by atoms with Crippen molar-refractivity contribution in [3.8, 4) is 0 Å². The minimum absolute atomic E-state index is 0.696. The third-order valence-corrected chi connectivity index (χ3v) is 1.53. The predicted molar refractivity (Wildman–Crippen MR) is 44.8 cm³/mol. The molecule has 0 aromatic heterocycles. The van der Waals surface area contributed by atoms with E-state index >= 15 is 0 Å². The molecule has 58 valence electrons. The molecule has 1 aliphatic rings. The molecule has 0 N–H and O–H groups in total. The standard InChI is InChI=1S/C9H11NO/c1-2-6-10-7-4-3-5-9(10)8-11/h2,4-5,7-8H,1,3,6H2. The summed E-state index contributed by atoms with van der Waals surface area (Å²) < 4.78 is 0. The van der Waals surface area contributed by atoms with Gasteiger partial charge in [-0.2, -0.15) is 0 Å². The van der Waals surface area contributed by atoms with E-state index in [0.29, 0.717) is 6.54 Å². The summed E-state index contributed by atoms with van der Waals surface area (Å²) in [6.07, 6.45) is 9.31. The molecule has 11 heavy (non-hydrogen) atoms. The van der Waals surface area contributed by atoms with Crippen LogP contribution < -0.4 is 0 Å². The quantitative estimate of drug-likeness (QED) is 0.447. The van der Waals surface area contributed by atoms with Crippen LogP contribution in [0.25, 0.3) is 0 Å². The van der Waals surface area contributed by atoms with Gasteiger partial charge in [0, 0.05) is 12.7 Å². The third kappa shape index (κ3) is 1.80. The molecule has 0 aliphatic carbocycles. The van der Waals surface area contributed by atoms with Crippen LogP contribution >= 0.6 is 0 Å². The Balaban J connectivity index is 2.66. The van der Waals surface area contributed by atoms with Crippen molar-refractivity contribution in [2.75, 3.05) is 6.54 Å². The lowest BCUT2D eigenvalue weighted by atomic mass is 10.2. The molecule has 0 saturated carbocycles. The number of carbonyl (C=O) groups is 1. The van der Waals surface area contributed by atoms with Gasteiger partial charge in [0.2, 0.25) is 0 Å². The molecule has 0 spiro atoms. The first-order valence-corrected chi connectivity index (χ1v) is 3.58. The molecule has 0 atom stereocenters. The minimum Gasteiger partial charge on any atom is -0.342 e. The molecule has 1 heterocycles. The largest absolute Gasteiger partial charge is 0.342 e.